The van der Waals surface area contributed by atoms with Crippen molar-refractivity contribution in [3.63, 3.8) is 0 Å². The lowest BCUT2D eigenvalue weighted by Crippen LogP contribution is -2.38. The van der Waals surface area contributed by atoms with Crippen LogP contribution in [0, 0.1) is 5.92 Å². The molecule has 1 aliphatic heterocycles. The molecule has 8 heteroatoms. The third-order valence-electron chi connectivity index (χ3n) is 5.84. The predicted octanol–water partition coefficient (Wildman–Crippen LogP) is 3.38. The number of hydrogen-bond acceptors (Lipinski definition) is 6. The number of halogens is 1. The van der Waals surface area contributed by atoms with Crippen molar-refractivity contribution < 1.29 is 14.3 Å². The minimum Gasteiger partial charge on any atom is -0.469 e. The van der Waals surface area contributed by atoms with Crippen molar-refractivity contribution in [2.75, 3.05) is 20.2 Å². The van der Waals surface area contributed by atoms with E-state index < -0.39 is 0 Å². The van der Waals surface area contributed by atoms with Crippen molar-refractivity contribution in [2.45, 2.75) is 44.6 Å². The molecule has 2 aromatic rings. The first kappa shape index (κ1) is 22.7. The number of hydrogen-bond donors (Lipinski definition) is 2. The summed E-state index contributed by atoms with van der Waals surface area (Å²) in [6.07, 6.45) is 5.16. The zero-order chi connectivity index (χ0) is 20.2. The Balaban J connectivity index is 0.00000256. The molecule has 1 amide bonds. The van der Waals surface area contributed by atoms with Crippen LogP contribution in [-0.4, -0.2) is 43.1 Å². The molecule has 2 N–H and O–H groups in total. The molecule has 4 rings (SSSR count). The molecule has 1 saturated carbocycles. The lowest BCUT2D eigenvalue weighted by molar-refractivity contribution is -0.146. The summed E-state index contributed by atoms with van der Waals surface area (Å²) >= 11 is 1.76. The molecule has 0 unspecified atom stereocenters. The number of esters is 1. The van der Waals surface area contributed by atoms with Crippen LogP contribution in [0.1, 0.15) is 46.6 Å². The van der Waals surface area contributed by atoms with Crippen LogP contribution in [0.15, 0.2) is 24.3 Å². The first-order valence-corrected chi connectivity index (χ1v) is 11.1. The largest absolute Gasteiger partial charge is 0.469 e. The zero-order valence-corrected chi connectivity index (χ0v) is 18.7. The second kappa shape index (κ2) is 10.4. The molecule has 1 aromatic carbocycles. The van der Waals surface area contributed by atoms with Gasteiger partial charge in [0.15, 0.2) is 0 Å². The third-order valence-corrected chi connectivity index (χ3v) is 7.04. The number of thiazole rings is 1. The zero-order valence-electron chi connectivity index (χ0n) is 17.1. The number of methoxy groups -OCH3 is 1. The molecule has 2 heterocycles. The summed E-state index contributed by atoms with van der Waals surface area (Å²) in [5.41, 5.74) is 2.93. The lowest BCUT2D eigenvalue weighted by atomic mass is 9.86. The maximum atomic E-state index is 12.6. The molecule has 0 spiro atoms. The molecule has 2 aliphatic rings. The maximum absolute atomic E-state index is 12.6. The van der Waals surface area contributed by atoms with Gasteiger partial charge >= 0.3 is 5.97 Å². The highest BCUT2D eigenvalue weighted by Crippen LogP contribution is 2.30. The number of ether oxygens (including phenoxy) is 1. The highest BCUT2D eigenvalue weighted by atomic mass is 35.5. The highest BCUT2D eigenvalue weighted by Gasteiger charge is 2.27. The average Bonchev–Trinajstić information content (AvgIpc) is 3.04. The molecule has 30 heavy (non-hydrogen) atoms. The number of nitrogens with zero attached hydrogens (tertiary/aromatic N) is 1. The number of aromatic nitrogens is 1. The predicted molar refractivity (Wildman–Crippen MR) is 120 cm³/mol. The summed E-state index contributed by atoms with van der Waals surface area (Å²) in [5.74, 6) is -0.225. The van der Waals surface area contributed by atoms with Gasteiger partial charge in [0.25, 0.3) is 5.91 Å². The number of benzene rings is 1. The number of amides is 1. The van der Waals surface area contributed by atoms with E-state index in [1.165, 1.54) is 17.7 Å². The summed E-state index contributed by atoms with van der Waals surface area (Å²) in [6.45, 7) is 1.99. The Kier molecular flexibility index (Phi) is 7.86. The number of nitrogens with one attached hydrogen (secondary N) is 2. The van der Waals surface area contributed by atoms with E-state index in [-0.39, 0.29) is 36.2 Å². The van der Waals surface area contributed by atoms with Crippen molar-refractivity contribution in [1.82, 2.24) is 15.6 Å². The SMILES string of the molecule is COC(=O)C1CCC(NC(=O)c2ccc(-c3nc4c(s3)CCNCC4)cc2)CC1.Cl. The van der Waals surface area contributed by atoms with Gasteiger partial charge in [-0.05, 0) is 44.2 Å². The molecular formula is C22H28ClN3O3S. The van der Waals surface area contributed by atoms with Crippen LogP contribution in [-0.2, 0) is 22.4 Å². The summed E-state index contributed by atoms with van der Waals surface area (Å²) in [7, 11) is 1.43. The van der Waals surface area contributed by atoms with Crippen LogP contribution in [0.5, 0.6) is 0 Å². The Hall–Kier alpha value is -1.96. The molecule has 0 bridgehead atoms. The highest BCUT2D eigenvalue weighted by molar-refractivity contribution is 7.15. The summed E-state index contributed by atoms with van der Waals surface area (Å²) < 4.78 is 4.82. The van der Waals surface area contributed by atoms with Crippen LogP contribution in [0.3, 0.4) is 0 Å². The van der Waals surface area contributed by atoms with Crippen molar-refractivity contribution in [1.29, 1.82) is 0 Å². The monoisotopic (exact) mass is 449 g/mol. The van der Waals surface area contributed by atoms with E-state index in [2.05, 4.69) is 10.6 Å². The van der Waals surface area contributed by atoms with Gasteiger partial charge in [-0.15, -0.1) is 23.7 Å². The maximum Gasteiger partial charge on any atom is 0.308 e. The smallest absolute Gasteiger partial charge is 0.308 e. The van der Waals surface area contributed by atoms with E-state index in [1.807, 2.05) is 24.3 Å². The van der Waals surface area contributed by atoms with E-state index >= 15 is 0 Å². The van der Waals surface area contributed by atoms with E-state index in [0.29, 0.717) is 5.56 Å². The Morgan fingerprint density at radius 1 is 1.10 bits per heavy atom. The van der Waals surface area contributed by atoms with Crippen molar-refractivity contribution in [3.05, 3.63) is 40.4 Å². The molecule has 1 fully saturated rings. The van der Waals surface area contributed by atoms with Gasteiger partial charge < -0.3 is 15.4 Å². The van der Waals surface area contributed by atoms with Crippen molar-refractivity contribution in [2.24, 2.45) is 5.92 Å². The van der Waals surface area contributed by atoms with Crippen LogP contribution in [0.4, 0.5) is 0 Å². The quantitative estimate of drug-likeness (QED) is 0.699. The van der Waals surface area contributed by atoms with Crippen LogP contribution >= 0.6 is 23.7 Å². The van der Waals surface area contributed by atoms with E-state index in [1.54, 1.807) is 11.3 Å². The summed E-state index contributed by atoms with van der Waals surface area (Å²) in [5, 5.41) is 7.54. The minimum atomic E-state index is -0.138. The molecular weight excluding hydrogens is 422 g/mol. The van der Waals surface area contributed by atoms with Gasteiger partial charge in [-0.3, -0.25) is 9.59 Å². The Labute approximate surface area is 187 Å². The Bertz CT molecular complexity index is 853. The van der Waals surface area contributed by atoms with Gasteiger partial charge in [-0.1, -0.05) is 12.1 Å². The van der Waals surface area contributed by atoms with Gasteiger partial charge in [-0.25, -0.2) is 4.98 Å². The van der Waals surface area contributed by atoms with E-state index in [0.717, 1.165) is 62.2 Å². The fourth-order valence-corrected chi connectivity index (χ4v) is 5.22. The minimum absolute atomic E-state index is 0. The van der Waals surface area contributed by atoms with Crippen LogP contribution in [0.25, 0.3) is 10.6 Å². The van der Waals surface area contributed by atoms with E-state index in [9.17, 15) is 9.59 Å². The molecule has 0 atom stereocenters. The molecule has 0 radical (unpaired) electrons. The van der Waals surface area contributed by atoms with Gasteiger partial charge in [0.1, 0.15) is 5.01 Å². The second-order valence-corrected chi connectivity index (χ2v) is 8.85. The molecule has 1 aliphatic carbocycles. The second-order valence-electron chi connectivity index (χ2n) is 7.76. The first-order valence-electron chi connectivity index (χ1n) is 10.3. The fraction of sp³-hybridized carbons (Fsp3) is 0.500. The molecule has 0 saturated heterocycles. The molecule has 6 nitrogen and oxygen atoms in total. The lowest BCUT2D eigenvalue weighted by Gasteiger charge is -2.27. The van der Waals surface area contributed by atoms with Gasteiger partial charge in [0.2, 0.25) is 0 Å². The average molecular weight is 450 g/mol. The van der Waals surface area contributed by atoms with Crippen LogP contribution in [0.2, 0.25) is 0 Å². The van der Waals surface area contributed by atoms with Gasteiger partial charge in [-0.2, -0.15) is 0 Å². The van der Waals surface area contributed by atoms with Crippen LogP contribution < -0.4 is 10.6 Å². The van der Waals surface area contributed by atoms with Crippen molar-refractivity contribution >= 4 is 35.6 Å². The summed E-state index contributed by atoms with van der Waals surface area (Å²) in [6, 6.07) is 7.84. The Morgan fingerprint density at radius 2 is 1.80 bits per heavy atom. The van der Waals surface area contributed by atoms with E-state index in [4.69, 9.17) is 9.72 Å². The first-order chi connectivity index (χ1) is 14.1. The summed E-state index contributed by atoms with van der Waals surface area (Å²) in [4.78, 5) is 30.4. The standard InChI is InChI=1S/C22H27N3O3S.ClH/c1-28-22(27)16-6-8-17(9-7-16)24-20(26)14-2-4-15(5-3-14)21-25-18-10-12-23-13-11-19(18)29-21;/h2-5,16-17,23H,6-13H2,1H3,(H,24,26);1H. The Morgan fingerprint density at radius 3 is 2.50 bits per heavy atom. The fourth-order valence-electron chi connectivity index (χ4n) is 4.10. The number of rotatable bonds is 4. The third kappa shape index (κ3) is 5.20. The topological polar surface area (TPSA) is 80.3 Å². The number of fused-ring (bicyclic) bond motifs is 1. The number of carbonyl (C=O) groups excluding carboxylic acids is 2. The van der Waals surface area contributed by atoms with Gasteiger partial charge in [0, 0.05) is 41.6 Å². The number of carbonyl (C=O) groups is 2. The molecule has 162 valence electrons. The normalized spacial score (nSPS) is 21.0. The van der Waals surface area contributed by atoms with Crippen molar-refractivity contribution in [3.8, 4) is 10.6 Å². The molecule has 1 aromatic heterocycles. The van der Waals surface area contributed by atoms with Gasteiger partial charge in [0.05, 0.1) is 18.7 Å².